The normalized spacial score (nSPS) is 41.1. The van der Waals surface area contributed by atoms with Crippen LogP contribution in [0.25, 0.3) is 0 Å². The average Bonchev–Trinajstić information content (AvgIpc) is 3.22. The van der Waals surface area contributed by atoms with Gasteiger partial charge in [0.2, 0.25) is 0 Å². The Morgan fingerprint density at radius 2 is 1.67 bits per heavy atom. The highest BCUT2D eigenvalue weighted by Gasteiger charge is 2.62. The fraction of sp³-hybridized carbons (Fsp3) is 0.824. The van der Waals surface area contributed by atoms with Crippen molar-refractivity contribution in [3.05, 3.63) is 29.8 Å². The van der Waals surface area contributed by atoms with E-state index in [4.69, 9.17) is 4.18 Å². The molecule has 0 radical (unpaired) electrons. The minimum absolute atomic E-state index is 0.140. The monoisotopic (exact) mass is 558 g/mol. The highest BCUT2D eigenvalue weighted by molar-refractivity contribution is 7.86. The van der Waals surface area contributed by atoms with Gasteiger partial charge in [-0.15, -0.1) is 0 Å². The van der Waals surface area contributed by atoms with Crippen molar-refractivity contribution >= 4 is 10.1 Å². The van der Waals surface area contributed by atoms with Gasteiger partial charge in [0, 0.05) is 6.42 Å². The van der Waals surface area contributed by atoms with Gasteiger partial charge in [-0.05, 0) is 116 Å². The lowest BCUT2D eigenvalue weighted by atomic mass is 9.43. The number of hydrogen-bond acceptors (Lipinski definition) is 4. The summed E-state index contributed by atoms with van der Waals surface area (Å²) in [5.41, 5.74) is 1.32. The molecule has 220 valence electrons. The van der Waals surface area contributed by atoms with Crippen LogP contribution in [0.1, 0.15) is 111 Å². The third-order valence-corrected chi connectivity index (χ3v) is 13.9. The van der Waals surface area contributed by atoms with Gasteiger partial charge in [-0.3, -0.25) is 4.18 Å². The van der Waals surface area contributed by atoms with E-state index in [2.05, 4.69) is 34.6 Å². The van der Waals surface area contributed by atoms with Crippen molar-refractivity contribution in [1.29, 1.82) is 0 Å². The first-order chi connectivity index (χ1) is 18.4. The van der Waals surface area contributed by atoms with Crippen molar-refractivity contribution in [3.8, 4) is 0 Å². The molecule has 0 bridgehead atoms. The van der Waals surface area contributed by atoms with Crippen LogP contribution in [-0.4, -0.2) is 25.7 Å². The topological polar surface area (TPSA) is 63.6 Å². The Labute approximate surface area is 238 Å². The second-order valence-electron chi connectivity index (χ2n) is 15.0. The molecule has 5 heteroatoms. The maximum Gasteiger partial charge on any atom is 0.297 e. The summed E-state index contributed by atoms with van der Waals surface area (Å²) in [6, 6.07) is 6.86. The third kappa shape index (κ3) is 5.39. The molecule has 0 amide bonds. The zero-order valence-electron chi connectivity index (χ0n) is 25.4. The van der Waals surface area contributed by atoms with Crippen LogP contribution in [0, 0.1) is 59.2 Å². The van der Waals surface area contributed by atoms with Gasteiger partial charge in [-0.25, -0.2) is 0 Å². The molecular formula is C34H54O4S. The fourth-order valence-electron chi connectivity index (χ4n) is 10.3. The molecule has 4 aliphatic carbocycles. The van der Waals surface area contributed by atoms with Crippen LogP contribution in [0.15, 0.2) is 29.2 Å². The molecule has 39 heavy (non-hydrogen) atoms. The number of fused-ring (bicyclic) bond motifs is 5. The maximum absolute atomic E-state index is 13.0. The minimum atomic E-state index is -3.84. The predicted octanol–water partition coefficient (Wildman–Crippen LogP) is 8.16. The molecule has 0 aromatic heterocycles. The van der Waals surface area contributed by atoms with Crippen molar-refractivity contribution in [2.45, 2.75) is 129 Å². The highest BCUT2D eigenvalue weighted by atomic mass is 32.2. The predicted molar refractivity (Wildman–Crippen MR) is 158 cm³/mol. The van der Waals surface area contributed by atoms with Gasteiger partial charge in [-0.2, -0.15) is 8.42 Å². The Morgan fingerprint density at radius 3 is 2.36 bits per heavy atom. The SMILES string of the molecule is Cc1ccc(S(=O)(=O)OC2C[C@@H]3CCC4C5CCC([C@H](C)CCCC(C)C)C5(C)CCC4C3(C)[C@@H](O)C2)cc1. The number of aliphatic hydroxyl groups excluding tert-OH is 1. The van der Waals surface area contributed by atoms with Crippen LogP contribution < -0.4 is 0 Å². The van der Waals surface area contributed by atoms with Gasteiger partial charge in [-0.1, -0.05) is 71.6 Å². The first-order valence-electron chi connectivity index (χ1n) is 16.0. The van der Waals surface area contributed by atoms with E-state index in [0.717, 1.165) is 42.1 Å². The van der Waals surface area contributed by atoms with Crippen LogP contribution in [0.4, 0.5) is 0 Å². The summed E-state index contributed by atoms with van der Waals surface area (Å²) in [6.45, 7) is 14.1. The van der Waals surface area contributed by atoms with Gasteiger partial charge in [0.05, 0.1) is 17.1 Å². The summed E-state index contributed by atoms with van der Waals surface area (Å²) in [5, 5.41) is 11.7. The number of aliphatic hydroxyl groups is 1. The minimum Gasteiger partial charge on any atom is -0.392 e. The zero-order valence-corrected chi connectivity index (χ0v) is 26.2. The molecule has 4 fully saturated rings. The summed E-state index contributed by atoms with van der Waals surface area (Å²) < 4.78 is 31.8. The van der Waals surface area contributed by atoms with E-state index in [1.807, 2.05) is 6.92 Å². The first kappa shape index (κ1) is 29.6. The number of rotatable bonds is 8. The molecule has 4 nitrogen and oxygen atoms in total. The Morgan fingerprint density at radius 1 is 0.949 bits per heavy atom. The lowest BCUT2D eigenvalue weighted by Crippen LogP contribution is -2.59. The van der Waals surface area contributed by atoms with Gasteiger partial charge < -0.3 is 5.11 Å². The van der Waals surface area contributed by atoms with Crippen molar-refractivity contribution in [2.75, 3.05) is 0 Å². The van der Waals surface area contributed by atoms with Gasteiger partial charge >= 0.3 is 0 Å². The molecule has 4 saturated carbocycles. The van der Waals surface area contributed by atoms with E-state index in [0.29, 0.717) is 29.6 Å². The molecule has 4 aliphatic rings. The van der Waals surface area contributed by atoms with E-state index in [1.54, 1.807) is 24.3 Å². The summed E-state index contributed by atoms with van der Waals surface area (Å²) >= 11 is 0. The van der Waals surface area contributed by atoms with Crippen molar-refractivity contribution in [1.82, 2.24) is 0 Å². The van der Waals surface area contributed by atoms with Crippen LogP contribution in [0.5, 0.6) is 0 Å². The molecule has 1 aromatic rings. The van der Waals surface area contributed by atoms with Gasteiger partial charge in [0.25, 0.3) is 10.1 Å². The molecule has 1 N–H and O–H groups in total. The van der Waals surface area contributed by atoms with E-state index in [-0.39, 0.29) is 10.3 Å². The largest absolute Gasteiger partial charge is 0.392 e. The lowest BCUT2D eigenvalue weighted by molar-refractivity contribution is -0.179. The van der Waals surface area contributed by atoms with Crippen LogP contribution in [-0.2, 0) is 14.3 Å². The fourth-order valence-corrected chi connectivity index (χ4v) is 11.4. The van der Waals surface area contributed by atoms with Gasteiger partial charge in [0.15, 0.2) is 0 Å². The third-order valence-electron chi connectivity index (χ3n) is 12.5. The van der Waals surface area contributed by atoms with Crippen molar-refractivity contribution < 1.29 is 17.7 Å². The van der Waals surface area contributed by atoms with Gasteiger partial charge in [0.1, 0.15) is 0 Å². The van der Waals surface area contributed by atoms with Crippen LogP contribution in [0.3, 0.4) is 0 Å². The van der Waals surface area contributed by atoms with Crippen molar-refractivity contribution in [3.63, 3.8) is 0 Å². The Balaban J connectivity index is 1.27. The lowest BCUT2D eigenvalue weighted by Gasteiger charge is -2.62. The van der Waals surface area contributed by atoms with Crippen LogP contribution in [0.2, 0.25) is 0 Å². The van der Waals surface area contributed by atoms with Crippen molar-refractivity contribution in [2.24, 2.45) is 52.3 Å². The van der Waals surface area contributed by atoms with E-state index < -0.39 is 22.3 Å². The standard InChI is InChI=1S/C34H54O4S/c1-22(2)8-7-9-24(4)29-16-17-30-28-15-12-25-20-26(38-39(36,37)27-13-10-23(3)11-14-27)21-32(35)34(25,6)31(28)18-19-33(29,30)5/h10-11,13-14,22,24-26,28-32,35H,7-9,12,15-21H2,1-6H3/t24-,25+,26?,28?,29?,30?,31?,32+,33?,34?/m1/s1. The summed E-state index contributed by atoms with van der Waals surface area (Å²) in [5.74, 6) is 4.75. The molecule has 0 heterocycles. The van der Waals surface area contributed by atoms with Crippen LogP contribution >= 0.6 is 0 Å². The molecule has 10 atom stereocenters. The quantitative estimate of drug-likeness (QED) is 0.327. The summed E-state index contributed by atoms with van der Waals surface area (Å²) in [7, 11) is -3.84. The van der Waals surface area contributed by atoms with E-state index >= 15 is 0 Å². The average molecular weight is 559 g/mol. The first-order valence-corrected chi connectivity index (χ1v) is 17.4. The number of aryl methyl sites for hydroxylation is 1. The molecule has 0 aliphatic heterocycles. The zero-order chi connectivity index (χ0) is 28.2. The smallest absolute Gasteiger partial charge is 0.297 e. The molecule has 0 saturated heterocycles. The molecule has 7 unspecified atom stereocenters. The van der Waals surface area contributed by atoms with E-state index in [1.165, 1.54) is 51.4 Å². The maximum atomic E-state index is 13.0. The molecular weight excluding hydrogens is 504 g/mol. The second kappa shape index (κ2) is 11.1. The Kier molecular flexibility index (Phi) is 8.39. The summed E-state index contributed by atoms with van der Waals surface area (Å²) in [4.78, 5) is 0.209. The Bertz CT molecular complexity index is 1100. The number of hydrogen-bond donors (Lipinski definition) is 1. The summed E-state index contributed by atoms with van der Waals surface area (Å²) in [6.07, 6.45) is 11.8. The second-order valence-corrected chi connectivity index (χ2v) is 16.6. The molecule has 0 spiro atoms. The molecule has 1 aromatic carbocycles. The Hall–Kier alpha value is -0.910. The number of benzene rings is 1. The molecule has 5 rings (SSSR count). The van der Waals surface area contributed by atoms with E-state index in [9.17, 15) is 13.5 Å². The highest BCUT2D eigenvalue weighted by Crippen LogP contribution is 2.68.